The molecule has 0 aliphatic carbocycles. The highest BCUT2D eigenvalue weighted by atomic mass is 35.6. The molecule has 13 heteroatoms. The molecule has 8 nitrogen and oxygen atoms in total. The fraction of sp³-hybridized carbons (Fsp3) is 0.571. The van der Waals surface area contributed by atoms with Crippen LogP contribution in [0, 0.1) is 5.82 Å². The Morgan fingerprint density at radius 3 is 2.47 bits per heavy atom. The van der Waals surface area contributed by atoms with Crippen LogP contribution < -0.4 is 5.32 Å². The molecule has 1 fully saturated rings. The highest BCUT2D eigenvalue weighted by Crippen LogP contribution is 2.28. The third-order valence-corrected chi connectivity index (χ3v) is 5.51. The Labute approximate surface area is 217 Å². The van der Waals surface area contributed by atoms with Crippen LogP contribution in [0.4, 0.5) is 14.0 Å². The molecule has 34 heavy (non-hydrogen) atoms. The Morgan fingerprint density at radius 2 is 1.88 bits per heavy atom. The molecule has 2 atom stereocenters. The minimum absolute atomic E-state index is 0.00209. The van der Waals surface area contributed by atoms with E-state index in [1.807, 2.05) is 0 Å². The van der Waals surface area contributed by atoms with E-state index in [1.54, 1.807) is 26.8 Å². The number of carbonyl (C=O) groups excluding carboxylic acids is 3. The van der Waals surface area contributed by atoms with E-state index in [0.29, 0.717) is 0 Å². The second kappa shape index (κ2) is 11.4. The quantitative estimate of drug-likeness (QED) is 0.517. The summed E-state index contributed by atoms with van der Waals surface area (Å²) in [6.45, 7) is 4.45. The number of benzene rings is 1. The van der Waals surface area contributed by atoms with Crippen LogP contribution in [0.25, 0.3) is 0 Å². The first-order valence-electron chi connectivity index (χ1n) is 10.3. The van der Waals surface area contributed by atoms with E-state index in [1.165, 1.54) is 29.0 Å². The molecule has 190 valence electrons. The van der Waals surface area contributed by atoms with Gasteiger partial charge in [-0.05, 0) is 33.3 Å². The van der Waals surface area contributed by atoms with Crippen LogP contribution in [0.15, 0.2) is 18.2 Å². The number of hydrogen-bond donors (Lipinski definition) is 1. The standard InChI is InChI=1S/C21H26Cl4FN3O5/c1-20(2,3)34-19(32)29-10-13(28(4)18(31)33-11-21(23,24)25)8-15(29)17(30)27-9-12-6-5-7-14(22)16(12)26/h5-7,13,15H,8-11H2,1-4H3,(H,27,30)/t13-,15-/m0/s1. The van der Waals surface area contributed by atoms with Crippen molar-refractivity contribution in [2.45, 2.75) is 55.2 Å². The van der Waals surface area contributed by atoms with Gasteiger partial charge in [-0.15, -0.1) is 0 Å². The third kappa shape index (κ3) is 8.22. The van der Waals surface area contributed by atoms with Crippen LogP contribution in [-0.2, 0) is 20.8 Å². The number of likely N-dealkylation sites (tertiary alicyclic amines) is 1. The topological polar surface area (TPSA) is 88.2 Å². The van der Waals surface area contributed by atoms with E-state index < -0.39 is 52.0 Å². The minimum atomic E-state index is -1.78. The van der Waals surface area contributed by atoms with Crippen molar-refractivity contribution in [3.63, 3.8) is 0 Å². The lowest BCUT2D eigenvalue weighted by atomic mass is 10.1. The molecule has 1 aliphatic heterocycles. The smallest absolute Gasteiger partial charge is 0.411 e. The van der Waals surface area contributed by atoms with Crippen molar-refractivity contribution in [1.29, 1.82) is 0 Å². The first-order chi connectivity index (χ1) is 15.6. The summed E-state index contributed by atoms with van der Waals surface area (Å²) in [6.07, 6.45) is -1.43. The third-order valence-electron chi connectivity index (χ3n) is 4.89. The van der Waals surface area contributed by atoms with E-state index in [9.17, 15) is 18.8 Å². The summed E-state index contributed by atoms with van der Waals surface area (Å²) in [5, 5.41) is 2.55. The lowest BCUT2D eigenvalue weighted by Gasteiger charge is -2.28. The van der Waals surface area contributed by atoms with Gasteiger partial charge in [0, 0.05) is 25.7 Å². The van der Waals surface area contributed by atoms with Crippen LogP contribution >= 0.6 is 46.4 Å². The number of carbonyl (C=O) groups is 3. The molecule has 0 radical (unpaired) electrons. The Hall–Kier alpha value is -1.68. The molecule has 1 aromatic rings. The van der Waals surface area contributed by atoms with Gasteiger partial charge in [0.1, 0.15) is 24.1 Å². The number of halogens is 5. The van der Waals surface area contributed by atoms with Crippen LogP contribution in [-0.4, -0.2) is 69.6 Å². The number of rotatable bonds is 5. The lowest BCUT2D eigenvalue weighted by Crippen LogP contribution is -2.47. The molecule has 0 saturated carbocycles. The van der Waals surface area contributed by atoms with E-state index in [0.717, 1.165) is 0 Å². The molecule has 0 spiro atoms. The highest BCUT2D eigenvalue weighted by molar-refractivity contribution is 6.67. The fourth-order valence-corrected chi connectivity index (χ4v) is 3.60. The van der Waals surface area contributed by atoms with Crippen molar-refractivity contribution >= 4 is 64.5 Å². The van der Waals surface area contributed by atoms with Gasteiger partial charge in [-0.2, -0.15) is 0 Å². The summed E-state index contributed by atoms with van der Waals surface area (Å²) in [7, 11) is 1.44. The van der Waals surface area contributed by atoms with Gasteiger partial charge in [-0.25, -0.2) is 14.0 Å². The molecular formula is C21H26Cl4FN3O5. The van der Waals surface area contributed by atoms with Crippen LogP contribution in [0.2, 0.25) is 5.02 Å². The predicted molar refractivity (Wildman–Crippen MR) is 128 cm³/mol. The number of alkyl halides is 3. The van der Waals surface area contributed by atoms with Gasteiger partial charge in [0.25, 0.3) is 0 Å². The van der Waals surface area contributed by atoms with Gasteiger partial charge >= 0.3 is 12.2 Å². The summed E-state index contributed by atoms with van der Waals surface area (Å²) in [5.74, 6) is -1.19. The zero-order chi connectivity index (χ0) is 25.8. The first-order valence-corrected chi connectivity index (χ1v) is 11.8. The van der Waals surface area contributed by atoms with Crippen molar-refractivity contribution < 1.29 is 28.2 Å². The van der Waals surface area contributed by atoms with Crippen molar-refractivity contribution in [1.82, 2.24) is 15.1 Å². The van der Waals surface area contributed by atoms with E-state index in [2.05, 4.69) is 5.32 Å². The molecule has 1 aliphatic rings. The molecule has 0 unspecified atom stereocenters. The number of nitrogens with one attached hydrogen (secondary N) is 1. The zero-order valence-electron chi connectivity index (χ0n) is 19.0. The Bertz CT molecular complexity index is 923. The second-order valence-electron chi connectivity index (χ2n) is 8.75. The Kier molecular flexibility index (Phi) is 9.55. The Balaban J connectivity index is 2.15. The molecular weight excluding hydrogens is 535 g/mol. The summed E-state index contributed by atoms with van der Waals surface area (Å²) >= 11 is 22.6. The summed E-state index contributed by atoms with van der Waals surface area (Å²) < 4.78 is 22.8. The van der Waals surface area contributed by atoms with Crippen LogP contribution in [0.3, 0.4) is 0 Å². The summed E-state index contributed by atoms with van der Waals surface area (Å²) in [6, 6.07) is 2.87. The highest BCUT2D eigenvalue weighted by Gasteiger charge is 2.44. The number of ether oxygens (including phenoxy) is 2. The van der Waals surface area contributed by atoms with Gasteiger partial charge in [0.2, 0.25) is 9.70 Å². The molecule has 1 saturated heterocycles. The van der Waals surface area contributed by atoms with Gasteiger partial charge < -0.3 is 19.7 Å². The average Bonchev–Trinajstić information content (AvgIpc) is 3.16. The van der Waals surface area contributed by atoms with Crippen molar-refractivity contribution in [3.05, 3.63) is 34.6 Å². The van der Waals surface area contributed by atoms with Crippen molar-refractivity contribution in [2.24, 2.45) is 0 Å². The van der Waals surface area contributed by atoms with Gasteiger partial charge in [-0.3, -0.25) is 9.69 Å². The summed E-state index contributed by atoms with van der Waals surface area (Å²) in [4.78, 5) is 40.6. The number of hydrogen-bond acceptors (Lipinski definition) is 5. The van der Waals surface area contributed by atoms with Crippen molar-refractivity contribution in [3.8, 4) is 0 Å². The molecule has 1 heterocycles. The van der Waals surface area contributed by atoms with Crippen molar-refractivity contribution in [2.75, 3.05) is 20.2 Å². The zero-order valence-corrected chi connectivity index (χ0v) is 22.1. The maximum absolute atomic E-state index is 14.2. The Morgan fingerprint density at radius 1 is 1.24 bits per heavy atom. The first kappa shape index (κ1) is 28.6. The maximum Gasteiger partial charge on any atom is 0.411 e. The van der Waals surface area contributed by atoms with Gasteiger partial charge in [0.15, 0.2) is 0 Å². The molecule has 2 rings (SSSR count). The van der Waals surface area contributed by atoms with Crippen LogP contribution in [0.1, 0.15) is 32.8 Å². The van der Waals surface area contributed by atoms with E-state index in [-0.39, 0.29) is 30.1 Å². The molecule has 0 aromatic heterocycles. The maximum atomic E-state index is 14.2. The monoisotopic (exact) mass is 559 g/mol. The summed E-state index contributed by atoms with van der Waals surface area (Å²) in [5.41, 5.74) is -0.624. The minimum Gasteiger partial charge on any atom is -0.445 e. The lowest BCUT2D eigenvalue weighted by molar-refractivity contribution is -0.125. The van der Waals surface area contributed by atoms with Gasteiger partial charge in [-0.1, -0.05) is 58.5 Å². The fourth-order valence-electron chi connectivity index (χ4n) is 3.24. The molecule has 1 aromatic carbocycles. The number of amides is 3. The van der Waals surface area contributed by atoms with Crippen LogP contribution in [0.5, 0.6) is 0 Å². The van der Waals surface area contributed by atoms with E-state index >= 15 is 0 Å². The SMILES string of the molecule is CN(C(=O)OCC(Cl)(Cl)Cl)[C@H]1C[C@@H](C(=O)NCc2cccc(Cl)c2F)N(C(=O)OC(C)(C)C)C1. The molecule has 3 amide bonds. The van der Waals surface area contributed by atoms with E-state index in [4.69, 9.17) is 55.9 Å². The second-order valence-corrected chi connectivity index (χ2v) is 11.7. The van der Waals surface area contributed by atoms with Gasteiger partial charge in [0.05, 0.1) is 11.1 Å². The normalized spacial score (nSPS) is 18.4. The molecule has 0 bridgehead atoms. The molecule has 1 N–H and O–H groups in total. The predicted octanol–water partition coefficient (Wildman–Crippen LogP) is 4.91. The number of likely N-dealkylation sites (N-methyl/N-ethyl adjacent to an activating group) is 1. The average molecular weight is 561 g/mol. The largest absolute Gasteiger partial charge is 0.445 e. The number of nitrogens with zero attached hydrogens (tertiary/aromatic N) is 2.